The Morgan fingerprint density at radius 3 is 2.14 bits per heavy atom. The normalized spacial score (nSPS) is 11.2. The van der Waals surface area contributed by atoms with Gasteiger partial charge in [0.1, 0.15) is 5.75 Å². The van der Waals surface area contributed by atoms with Crippen molar-refractivity contribution in [1.29, 1.82) is 0 Å². The Hall–Kier alpha value is -4.46. The topological polar surface area (TPSA) is 98.5 Å². The number of rotatable bonds is 6. The molecule has 0 radical (unpaired) electrons. The van der Waals surface area contributed by atoms with Crippen molar-refractivity contribution in [2.24, 2.45) is 5.14 Å². The number of carbonyl (C=O) groups excluding carboxylic acids is 1. The van der Waals surface area contributed by atoms with Crippen LogP contribution in [0.4, 0.5) is 5.69 Å². The van der Waals surface area contributed by atoms with Gasteiger partial charge in [0, 0.05) is 16.5 Å². The van der Waals surface area contributed by atoms with Crippen molar-refractivity contribution in [1.82, 2.24) is 0 Å². The molecule has 5 aromatic carbocycles. The number of carbonyl (C=O) groups is 1. The fourth-order valence-electron chi connectivity index (χ4n) is 4.01. The predicted octanol–water partition coefficient (Wildman–Crippen LogP) is 6.20. The summed E-state index contributed by atoms with van der Waals surface area (Å²) < 4.78 is 30.1. The zero-order chi connectivity index (χ0) is 25.1. The van der Waals surface area contributed by atoms with Crippen molar-refractivity contribution in [2.45, 2.75) is 4.90 Å². The average molecular weight is 495 g/mol. The van der Waals surface area contributed by atoms with Crippen LogP contribution in [-0.4, -0.2) is 14.3 Å². The molecule has 1 amide bonds. The lowest BCUT2D eigenvalue weighted by Gasteiger charge is -2.14. The number of nitrogens with two attached hydrogens (primary N) is 1. The molecule has 178 valence electrons. The highest BCUT2D eigenvalue weighted by atomic mass is 32.2. The summed E-state index contributed by atoms with van der Waals surface area (Å²) in [6, 6.07) is 34.1. The van der Waals surface area contributed by atoms with E-state index in [4.69, 9.17) is 9.88 Å². The zero-order valence-electron chi connectivity index (χ0n) is 19.1. The number of fused-ring (bicyclic) bond motifs is 1. The molecule has 3 N–H and O–H groups in total. The van der Waals surface area contributed by atoms with E-state index in [0.29, 0.717) is 33.9 Å². The van der Waals surface area contributed by atoms with Crippen LogP contribution in [0.5, 0.6) is 11.5 Å². The first kappa shape index (κ1) is 23.3. The minimum absolute atomic E-state index is 0.0294. The molecule has 0 aliphatic heterocycles. The molecule has 0 saturated heterocycles. The van der Waals surface area contributed by atoms with Crippen LogP contribution in [0.25, 0.3) is 21.9 Å². The summed E-state index contributed by atoms with van der Waals surface area (Å²) in [5.41, 5.74) is 2.04. The Labute approximate surface area is 209 Å². The van der Waals surface area contributed by atoms with Crippen LogP contribution in [-0.2, 0) is 10.0 Å². The molecule has 6 nitrogen and oxygen atoms in total. The number of primary sulfonamides is 1. The van der Waals surface area contributed by atoms with E-state index in [9.17, 15) is 13.2 Å². The van der Waals surface area contributed by atoms with Crippen molar-refractivity contribution in [3.05, 3.63) is 121 Å². The van der Waals surface area contributed by atoms with Crippen LogP contribution in [0, 0.1) is 0 Å². The van der Waals surface area contributed by atoms with Gasteiger partial charge in [0.15, 0.2) is 5.75 Å². The largest absolute Gasteiger partial charge is 0.455 e. The van der Waals surface area contributed by atoms with Gasteiger partial charge in [-0.2, -0.15) is 0 Å². The van der Waals surface area contributed by atoms with Gasteiger partial charge in [-0.3, -0.25) is 4.79 Å². The minimum Gasteiger partial charge on any atom is -0.455 e. The Kier molecular flexibility index (Phi) is 6.25. The summed E-state index contributed by atoms with van der Waals surface area (Å²) in [4.78, 5) is 13.1. The Bertz CT molecular complexity index is 1670. The minimum atomic E-state index is -3.89. The number of ether oxygens (including phenoxy) is 1. The summed E-state index contributed by atoms with van der Waals surface area (Å²) in [5, 5.41) is 10.3. The van der Waals surface area contributed by atoms with Crippen LogP contribution in [0.15, 0.2) is 120 Å². The summed E-state index contributed by atoms with van der Waals surface area (Å²) in [7, 11) is -3.89. The Balaban J connectivity index is 1.39. The Morgan fingerprint density at radius 2 is 1.33 bits per heavy atom. The van der Waals surface area contributed by atoms with Crippen LogP contribution >= 0.6 is 0 Å². The van der Waals surface area contributed by atoms with E-state index < -0.39 is 10.0 Å². The molecule has 0 heterocycles. The second kappa shape index (κ2) is 9.65. The van der Waals surface area contributed by atoms with E-state index in [1.807, 2.05) is 54.6 Å². The molecule has 36 heavy (non-hydrogen) atoms. The van der Waals surface area contributed by atoms with Crippen molar-refractivity contribution >= 4 is 32.4 Å². The maximum atomic E-state index is 13.0. The number of benzene rings is 5. The molecule has 5 aromatic rings. The second-order valence-electron chi connectivity index (χ2n) is 8.15. The van der Waals surface area contributed by atoms with Gasteiger partial charge in [0.25, 0.3) is 5.91 Å². The van der Waals surface area contributed by atoms with Gasteiger partial charge in [-0.15, -0.1) is 0 Å². The standard InChI is InChI=1S/C29H22N2O4S/c30-36(33,34)28-15-6-3-11-24(28)21-16-18-22(19-17-21)29(32)31-25-12-4-5-13-27(25)35-26-14-7-9-20-8-1-2-10-23(20)26/h1-19H,(H,31,32)(H2,30,33,34). The van der Waals surface area contributed by atoms with E-state index >= 15 is 0 Å². The zero-order valence-corrected chi connectivity index (χ0v) is 19.9. The molecule has 7 heteroatoms. The molecule has 0 fully saturated rings. The Morgan fingerprint density at radius 1 is 0.694 bits per heavy atom. The molecule has 0 saturated carbocycles. The van der Waals surface area contributed by atoms with Gasteiger partial charge in [-0.05, 0) is 47.3 Å². The number of sulfonamides is 1. The number of hydrogen-bond acceptors (Lipinski definition) is 4. The van der Waals surface area contributed by atoms with Crippen LogP contribution < -0.4 is 15.2 Å². The summed E-state index contributed by atoms with van der Waals surface area (Å²) in [5.74, 6) is 0.879. The van der Waals surface area contributed by atoms with Crippen molar-refractivity contribution < 1.29 is 17.9 Å². The number of anilines is 1. The average Bonchev–Trinajstić information content (AvgIpc) is 2.89. The molecule has 0 bridgehead atoms. The van der Waals surface area contributed by atoms with Crippen molar-refractivity contribution in [2.75, 3.05) is 5.32 Å². The molecular formula is C29H22N2O4S. The van der Waals surface area contributed by atoms with Gasteiger partial charge >= 0.3 is 0 Å². The van der Waals surface area contributed by atoms with Crippen LogP contribution in [0.2, 0.25) is 0 Å². The number of nitrogens with one attached hydrogen (secondary N) is 1. The van der Waals surface area contributed by atoms with E-state index in [2.05, 4.69) is 5.32 Å². The highest BCUT2D eigenvalue weighted by Crippen LogP contribution is 2.34. The van der Waals surface area contributed by atoms with Crippen molar-refractivity contribution in [3.63, 3.8) is 0 Å². The molecule has 0 unspecified atom stereocenters. The lowest BCUT2D eigenvalue weighted by molar-refractivity contribution is 0.102. The fourth-order valence-corrected chi connectivity index (χ4v) is 4.77. The third kappa shape index (κ3) is 4.84. The fraction of sp³-hybridized carbons (Fsp3) is 0. The van der Waals surface area contributed by atoms with Gasteiger partial charge in [0.05, 0.1) is 10.6 Å². The third-order valence-corrected chi connectivity index (χ3v) is 6.73. The maximum absolute atomic E-state index is 13.0. The second-order valence-corrected chi connectivity index (χ2v) is 9.68. The number of hydrogen-bond donors (Lipinski definition) is 2. The van der Waals surface area contributed by atoms with Crippen LogP contribution in [0.1, 0.15) is 10.4 Å². The first-order chi connectivity index (χ1) is 17.4. The highest BCUT2D eigenvalue weighted by Gasteiger charge is 2.16. The predicted molar refractivity (Wildman–Crippen MR) is 142 cm³/mol. The van der Waals surface area contributed by atoms with E-state index in [-0.39, 0.29) is 10.8 Å². The molecular weight excluding hydrogens is 472 g/mol. The number of amides is 1. The molecule has 0 spiro atoms. The van der Waals surface area contributed by atoms with E-state index in [1.54, 1.807) is 54.6 Å². The van der Waals surface area contributed by atoms with Gasteiger partial charge in [0.2, 0.25) is 10.0 Å². The number of para-hydroxylation sites is 2. The maximum Gasteiger partial charge on any atom is 0.255 e. The monoisotopic (exact) mass is 494 g/mol. The van der Waals surface area contributed by atoms with Crippen LogP contribution in [0.3, 0.4) is 0 Å². The molecule has 0 aliphatic carbocycles. The summed E-state index contributed by atoms with van der Waals surface area (Å²) >= 11 is 0. The van der Waals surface area contributed by atoms with Gasteiger partial charge in [-0.25, -0.2) is 13.6 Å². The lowest BCUT2D eigenvalue weighted by Crippen LogP contribution is -2.13. The smallest absolute Gasteiger partial charge is 0.255 e. The van der Waals surface area contributed by atoms with E-state index in [0.717, 1.165) is 10.8 Å². The van der Waals surface area contributed by atoms with Gasteiger partial charge in [-0.1, -0.05) is 78.9 Å². The molecule has 0 atom stereocenters. The molecule has 0 aromatic heterocycles. The SMILES string of the molecule is NS(=O)(=O)c1ccccc1-c1ccc(C(=O)Nc2ccccc2Oc2cccc3ccccc23)cc1. The third-order valence-electron chi connectivity index (χ3n) is 5.76. The van der Waals surface area contributed by atoms with E-state index in [1.165, 1.54) is 6.07 Å². The molecule has 0 aliphatic rings. The quantitative estimate of drug-likeness (QED) is 0.294. The lowest BCUT2D eigenvalue weighted by atomic mass is 10.0. The highest BCUT2D eigenvalue weighted by molar-refractivity contribution is 7.89. The van der Waals surface area contributed by atoms with Crippen molar-refractivity contribution in [3.8, 4) is 22.6 Å². The summed E-state index contributed by atoms with van der Waals surface area (Å²) in [6.07, 6.45) is 0. The molecule has 5 rings (SSSR count). The first-order valence-electron chi connectivity index (χ1n) is 11.2. The first-order valence-corrected chi connectivity index (χ1v) is 12.7. The summed E-state index contributed by atoms with van der Waals surface area (Å²) in [6.45, 7) is 0. The van der Waals surface area contributed by atoms with Gasteiger partial charge < -0.3 is 10.1 Å².